The summed E-state index contributed by atoms with van der Waals surface area (Å²) in [7, 11) is 0. The number of rotatable bonds is 10. The number of phenols is 1. The van der Waals surface area contributed by atoms with Gasteiger partial charge in [0.15, 0.2) is 0 Å². The molecular formula is C23H32N2O2. The van der Waals surface area contributed by atoms with Crippen molar-refractivity contribution in [3.63, 3.8) is 0 Å². The van der Waals surface area contributed by atoms with Crippen LogP contribution in [-0.2, 0) is 4.79 Å². The molecule has 0 aromatic heterocycles. The van der Waals surface area contributed by atoms with Gasteiger partial charge in [-0.05, 0) is 49.6 Å². The molecule has 0 saturated carbocycles. The van der Waals surface area contributed by atoms with Gasteiger partial charge in [-0.15, -0.1) is 0 Å². The first-order chi connectivity index (χ1) is 13.0. The van der Waals surface area contributed by atoms with Gasteiger partial charge < -0.3 is 15.7 Å². The van der Waals surface area contributed by atoms with E-state index in [1.54, 1.807) is 12.1 Å². The topological polar surface area (TPSA) is 66.6 Å². The predicted molar refractivity (Wildman–Crippen MR) is 112 cm³/mol. The number of hydrogen-bond donors (Lipinski definition) is 2. The summed E-state index contributed by atoms with van der Waals surface area (Å²) in [5.41, 5.74) is 9.10. The number of amides is 1. The molecule has 2 aromatic carbocycles. The van der Waals surface area contributed by atoms with Gasteiger partial charge in [-0.1, -0.05) is 50.1 Å². The Kier molecular flexibility index (Phi) is 7.71. The molecular weight excluding hydrogens is 336 g/mol. The molecule has 0 aliphatic heterocycles. The first-order valence-corrected chi connectivity index (χ1v) is 9.95. The van der Waals surface area contributed by atoms with E-state index < -0.39 is 5.92 Å². The monoisotopic (exact) mass is 368 g/mol. The summed E-state index contributed by atoms with van der Waals surface area (Å²) in [5.74, 6) is -0.551. The van der Waals surface area contributed by atoms with E-state index in [4.69, 9.17) is 5.73 Å². The van der Waals surface area contributed by atoms with E-state index in [2.05, 4.69) is 37.8 Å². The summed E-state index contributed by atoms with van der Waals surface area (Å²) in [5, 5.41) is 9.63. The SMILES string of the molecule is CCCCC(c1ccccc1N(CC)CC)C(C(N)=O)c1ccc(O)cc1. The smallest absolute Gasteiger partial charge is 0.225 e. The summed E-state index contributed by atoms with van der Waals surface area (Å²) in [4.78, 5) is 14.9. The van der Waals surface area contributed by atoms with Gasteiger partial charge in [0.25, 0.3) is 0 Å². The fourth-order valence-corrected chi connectivity index (χ4v) is 3.86. The van der Waals surface area contributed by atoms with Crippen molar-refractivity contribution < 1.29 is 9.90 Å². The molecule has 27 heavy (non-hydrogen) atoms. The highest BCUT2D eigenvalue weighted by atomic mass is 16.3. The summed E-state index contributed by atoms with van der Waals surface area (Å²) in [6.45, 7) is 8.27. The number of carbonyl (C=O) groups is 1. The van der Waals surface area contributed by atoms with Crippen LogP contribution in [0.1, 0.15) is 63.0 Å². The quantitative estimate of drug-likeness (QED) is 0.634. The molecule has 4 nitrogen and oxygen atoms in total. The van der Waals surface area contributed by atoms with Gasteiger partial charge in [0, 0.05) is 24.7 Å². The molecule has 2 aromatic rings. The zero-order valence-electron chi connectivity index (χ0n) is 16.7. The van der Waals surface area contributed by atoms with Crippen LogP contribution in [0.25, 0.3) is 0 Å². The third-order valence-corrected chi connectivity index (χ3v) is 5.27. The van der Waals surface area contributed by atoms with Gasteiger partial charge in [0.05, 0.1) is 5.92 Å². The van der Waals surface area contributed by atoms with Crippen molar-refractivity contribution >= 4 is 11.6 Å². The van der Waals surface area contributed by atoms with Crippen LogP contribution in [0.4, 0.5) is 5.69 Å². The molecule has 0 aliphatic carbocycles. The van der Waals surface area contributed by atoms with Crippen LogP contribution in [0.2, 0.25) is 0 Å². The fraction of sp³-hybridized carbons (Fsp3) is 0.435. The molecule has 146 valence electrons. The van der Waals surface area contributed by atoms with E-state index in [9.17, 15) is 9.90 Å². The normalized spacial score (nSPS) is 13.1. The Bertz CT molecular complexity index is 723. The minimum absolute atomic E-state index is 0.00351. The number of phenolic OH excluding ortho intramolecular Hbond substituents is 1. The van der Waals surface area contributed by atoms with Crippen LogP contribution in [0, 0.1) is 0 Å². The molecule has 0 heterocycles. The summed E-state index contributed by atoms with van der Waals surface area (Å²) < 4.78 is 0. The lowest BCUT2D eigenvalue weighted by Gasteiger charge is -2.31. The number of primary amides is 1. The molecule has 0 fully saturated rings. The van der Waals surface area contributed by atoms with Crippen LogP contribution >= 0.6 is 0 Å². The van der Waals surface area contributed by atoms with E-state index in [1.807, 2.05) is 24.3 Å². The summed E-state index contributed by atoms with van der Waals surface area (Å²) in [6, 6.07) is 15.2. The van der Waals surface area contributed by atoms with Crippen molar-refractivity contribution in [3.05, 3.63) is 59.7 Å². The van der Waals surface area contributed by atoms with Crippen LogP contribution in [0.3, 0.4) is 0 Å². The van der Waals surface area contributed by atoms with Crippen molar-refractivity contribution in [2.75, 3.05) is 18.0 Å². The van der Waals surface area contributed by atoms with Gasteiger partial charge in [0.2, 0.25) is 5.91 Å². The predicted octanol–water partition coefficient (Wildman–Crippen LogP) is 4.78. The second kappa shape index (κ2) is 10.0. The highest BCUT2D eigenvalue weighted by molar-refractivity contribution is 5.83. The van der Waals surface area contributed by atoms with Crippen molar-refractivity contribution in [2.24, 2.45) is 5.73 Å². The number of nitrogens with zero attached hydrogens (tertiary/aromatic N) is 1. The lowest BCUT2D eigenvalue weighted by molar-refractivity contribution is -0.120. The van der Waals surface area contributed by atoms with Gasteiger partial charge in [-0.3, -0.25) is 4.79 Å². The highest BCUT2D eigenvalue weighted by Crippen LogP contribution is 2.41. The summed E-state index contributed by atoms with van der Waals surface area (Å²) in [6.07, 6.45) is 2.98. The molecule has 3 N–H and O–H groups in total. The Labute approximate surface area is 163 Å². The van der Waals surface area contributed by atoms with Gasteiger partial charge in [0.1, 0.15) is 5.75 Å². The van der Waals surface area contributed by atoms with Gasteiger partial charge in [-0.25, -0.2) is 0 Å². The molecule has 2 unspecified atom stereocenters. The van der Waals surface area contributed by atoms with Crippen molar-refractivity contribution in [3.8, 4) is 5.75 Å². The number of para-hydroxylation sites is 1. The molecule has 2 rings (SSSR count). The molecule has 1 amide bonds. The van der Waals surface area contributed by atoms with E-state index in [0.717, 1.165) is 37.9 Å². The van der Waals surface area contributed by atoms with E-state index in [-0.39, 0.29) is 17.6 Å². The summed E-state index contributed by atoms with van der Waals surface area (Å²) >= 11 is 0. The largest absolute Gasteiger partial charge is 0.508 e. The molecule has 0 spiro atoms. The second-order valence-electron chi connectivity index (χ2n) is 6.95. The third kappa shape index (κ3) is 5.03. The Morgan fingerprint density at radius 1 is 1.04 bits per heavy atom. The number of aromatic hydroxyl groups is 1. The van der Waals surface area contributed by atoms with Crippen LogP contribution in [0.5, 0.6) is 5.75 Å². The Morgan fingerprint density at radius 3 is 2.22 bits per heavy atom. The number of benzene rings is 2. The molecule has 0 bridgehead atoms. The zero-order chi connectivity index (χ0) is 19.8. The average Bonchev–Trinajstić information content (AvgIpc) is 2.67. The van der Waals surface area contributed by atoms with Gasteiger partial charge in [-0.2, -0.15) is 0 Å². The Hall–Kier alpha value is -2.49. The van der Waals surface area contributed by atoms with E-state index in [1.165, 1.54) is 11.3 Å². The third-order valence-electron chi connectivity index (χ3n) is 5.27. The maximum absolute atomic E-state index is 12.5. The number of carbonyl (C=O) groups excluding carboxylic acids is 1. The van der Waals surface area contributed by atoms with Crippen LogP contribution in [-0.4, -0.2) is 24.1 Å². The standard InChI is InChI=1S/C23H32N2O2/c1-4-7-10-20(19-11-8-9-12-21(19)25(5-2)6-3)22(23(24)27)17-13-15-18(26)16-14-17/h8-9,11-16,20,22,26H,4-7,10H2,1-3H3,(H2,24,27). The molecule has 0 aliphatic rings. The molecule has 0 radical (unpaired) electrons. The number of anilines is 1. The highest BCUT2D eigenvalue weighted by Gasteiger charge is 2.31. The molecule has 4 heteroatoms. The van der Waals surface area contributed by atoms with Crippen molar-refractivity contribution in [1.29, 1.82) is 0 Å². The maximum atomic E-state index is 12.5. The minimum Gasteiger partial charge on any atom is -0.508 e. The van der Waals surface area contributed by atoms with Crippen molar-refractivity contribution in [2.45, 2.75) is 51.9 Å². The molecule has 2 atom stereocenters. The zero-order valence-corrected chi connectivity index (χ0v) is 16.7. The number of nitrogens with two attached hydrogens (primary N) is 1. The Morgan fingerprint density at radius 2 is 1.67 bits per heavy atom. The lowest BCUT2D eigenvalue weighted by Crippen LogP contribution is -2.29. The number of hydrogen-bond acceptors (Lipinski definition) is 3. The lowest BCUT2D eigenvalue weighted by atomic mass is 9.77. The average molecular weight is 369 g/mol. The van der Waals surface area contributed by atoms with Crippen LogP contribution < -0.4 is 10.6 Å². The first kappa shape index (κ1) is 20.8. The van der Waals surface area contributed by atoms with E-state index in [0.29, 0.717) is 0 Å². The van der Waals surface area contributed by atoms with Crippen LogP contribution in [0.15, 0.2) is 48.5 Å². The second-order valence-corrected chi connectivity index (χ2v) is 6.95. The molecule has 0 saturated heterocycles. The van der Waals surface area contributed by atoms with Crippen molar-refractivity contribution in [1.82, 2.24) is 0 Å². The first-order valence-electron chi connectivity index (χ1n) is 9.95. The Balaban J connectivity index is 2.56. The number of unbranched alkanes of at least 4 members (excludes halogenated alkanes) is 1. The van der Waals surface area contributed by atoms with Gasteiger partial charge >= 0.3 is 0 Å². The fourth-order valence-electron chi connectivity index (χ4n) is 3.86. The van der Waals surface area contributed by atoms with E-state index >= 15 is 0 Å². The maximum Gasteiger partial charge on any atom is 0.225 e. The minimum atomic E-state index is -0.422.